The standard InChI is InChI=1S/C19H23BrN2O2/c1-23-18-10-15(12-22-16-6-2-3-7-16)9-17(20)19(18)24-13-14-5-4-8-21-11-14/h4-5,8-11,16,22H,2-3,6-7,12-13H2,1H3. The highest BCUT2D eigenvalue weighted by Gasteiger charge is 2.16. The molecule has 0 spiro atoms. The molecule has 1 heterocycles. The first kappa shape index (κ1) is 17.2. The van der Waals surface area contributed by atoms with E-state index < -0.39 is 0 Å². The summed E-state index contributed by atoms with van der Waals surface area (Å²) in [5.74, 6) is 1.47. The Kier molecular flexibility index (Phi) is 6.10. The predicted molar refractivity (Wildman–Crippen MR) is 98.4 cm³/mol. The Hall–Kier alpha value is -1.59. The molecule has 5 heteroatoms. The van der Waals surface area contributed by atoms with Crippen LogP contribution in [0.25, 0.3) is 0 Å². The van der Waals surface area contributed by atoms with Gasteiger partial charge in [0, 0.05) is 30.5 Å². The molecule has 0 bridgehead atoms. The van der Waals surface area contributed by atoms with Crippen LogP contribution >= 0.6 is 15.9 Å². The largest absolute Gasteiger partial charge is 0.493 e. The fourth-order valence-electron chi connectivity index (χ4n) is 3.05. The fourth-order valence-corrected chi connectivity index (χ4v) is 3.65. The van der Waals surface area contributed by atoms with Crippen molar-refractivity contribution in [3.8, 4) is 11.5 Å². The van der Waals surface area contributed by atoms with Crippen LogP contribution in [0.3, 0.4) is 0 Å². The molecule has 128 valence electrons. The Bertz CT molecular complexity index is 658. The molecule has 1 N–H and O–H groups in total. The van der Waals surface area contributed by atoms with E-state index in [4.69, 9.17) is 9.47 Å². The summed E-state index contributed by atoms with van der Waals surface area (Å²) in [6, 6.07) is 8.70. The van der Waals surface area contributed by atoms with E-state index in [0.717, 1.165) is 28.1 Å². The molecule has 3 rings (SSSR count). The molecule has 1 aromatic heterocycles. The van der Waals surface area contributed by atoms with Crippen LogP contribution in [0, 0.1) is 0 Å². The van der Waals surface area contributed by atoms with Gasteiger partial charge in [0.25, 0.3) is 0 Å². The van der Waals surface area contributed by atoms with E-state index in [1.54, 1.807) is 19.5 Å². The highest BCUT2D eigenvalue weighted by molar-refractivity contribution is 9.10. The lowest BCUT2D eigenvalue weighted by molar-refractivity contribution is 0.282. The first-order chi connectivity index (χ1) is 11.8. The SMILES string of the molecule is COc1cc(CNC2CCCC2)cc(Br)c1OCc1cccnc1. The molecule has 0 saturated heterocycles. The molecule has 0 atom stereocenters. The molecule has 4 nitrogen and oxygen atoms in total. The topological polar surface area (TPSA) is 43.4 Å². The third-order valence-electron chi connectivity index (χ3n) is 4.35. The van der Waals surface area contributed by atoms with Crippen molar-refractivity contribution in [2.45, 2.75) is 44.9 Å². The van der Waals surface area contributed by atoms with Gasteiger partial charge < -0.3 is 14.8 Å². The number of nitrogens with zero attached hydrogens (tertiary/aromatic N) is 1. The van der Waals surface area contributed by atoms with Crippen molar-refractivity contribution in [3.05, 3.63) is 52.3 Å². The molecule has 0 unspecified atom stereocenters. The van der Waals surface area contributed by atoms with Crippen molar-refractivity contribution < 1.29 is 9.47 Å². The molecule has 1 saturated carbocycles. The maximum absolute atomic E-state index is 5.95. The highest BCUT2D eigenvalue weighted by atomic mass is 79.9. The smallest absolute Gasteiger partial charge is 0.175 e. The zero-order valence-corrected chi connectivity index (χ0v) is 15.5. The number of methoxy groups -OCH3 is 1. The Morgan fingerprint density at radius 1 is 1.25 bits per heavy atom. The maximum atomic E-state index is 5.95. The van der Waals surface area contributed by atoms with Crippen LogP contribution < -0.4 is 14.8 Å². The van der Waals surface area contributed by atoms with Crippen LogP contribution in [-0.2, 0) is 13.2 Å². The van der Waals surface area contributed by atoms with Crippen LogP contribution in [-0.4, -0.2) is 18.1 Å². The molecule has 24 heavy (non-hydrogen) atoms. The minimum atomic E-state index is 0.461. The average Bonchev–Trinajstić information content (AvgIpc) is 3.13. The van der Waals surface area contributed by atoms with Crippen LogP contribution in [0.15, 0.2) is 41.1 Å². The van der Waals surface area contributed by atoms with Crippen molar-refractivity contribution in [1.82, 2.24) is 10.3 Å². The van der Waals surface area contributed by atoms with E-state index in [-0.39, 0.29) is 0 Å². The monoisotopic (exact) mass is 390 g/mol. The van der Waals surface area contributed by atoms with Gasteiger partial charge >= 0.3 is 0 Å². The second-order valence-corrected chi connectivity index (χ2v) is 6.98. The molecule has 1 fully saturated rings. The Morgan fingerprint density at radius 2 is 2.08 bits per heavy atom. The van der Waals surface area contributed by atoms with Crippen LogP contribution in [0.1, 0.15) is 36.8 Å². The van der Waals surface area contributed by atoms with E-state index in [1.807, 2.05) is 18.2 Å². The van der Waals surface area contributed by atoms with E-state index in [1.165, 1.54) is 31.2 Å². The lowest BCUT2D eigenvalue weighted by atomic mass is 10.1. The van der Waals surface area contributed by atoms with E-state index in [9.17, 15) is 0 Å². The number of rotatable bonds is 7. The molecule has 0 radical (unpaired) electrons. The summed E-state index contributed by atoms with van der Waals surface area (Å²) >= 11 is 3.62. The number of pyridine rings is 1. The van der Waals surface area contributed by atoms with Gasteiger partial charge in [-0.1, -0.05) is 18.9 Å². The normalized spacial score (nSPS) is 14.8. The Labute approximate surface area is 151 Å². The number of ether oxygens (including phenoxy) is 2. The van der Waals surface area contributed by atoms with Gasteiger partial charge in [-0.15, -0.1) is 0 Å². The fraction of sp³-hybridized carbons (Fsp3) is 0.421. The predicted octanol–water partition coefficient (Wildman–Crippen LogP) is 4.46. The Morgan fingerprint density at radius 3 is 2.79 bits per heavy atom. The molecule has 1 aliphatic rings. The molecule has 1 aromatic carbocycles. The van der Waals surface area contributed by atoms with Gasteiger partial charge in [0.1, 0.15) is 6.61 Å². The molecule has 0 aliphatic heterocycles. The summed E-state index contributed by atoms with van der Waals surface area (Å²) in [5.41, 5.74) is 2.22. The van der Waals surface area contributed by atoms with Gasteiger partial charge in [0.15, 0.2) is 11.5 Å². The molecule has 2 aromatic rings. The molecule has 0 amide bonds. The summed E-state index contributed by atoms with van der Waals surface area (Å²) < 4.78 is 12.4. The van der Waals surface area contributed by atoms with Gasteiger partial charge in [-0.2, -0.15) is 0 Å². The van der Waals surface area contributed by atoms with Crippen LogP contribution in [0.2, 0.25) is 0 Å². The minimum absolute atomic E-state index is 0.461. The van der Waals surface area contributed by atoms with E-state index in [2.05, 4.69) is 32.3 Å². The Balaban J connectivity index is 1.67. The summed E-state index contributed by atoms with van der Waals surface area (Å²) in [4.78, 5) is 4.11. The minimum Gasteiger partial charge on any atom is -0.493 e. The van der Waals surface area contributed by atoms with Crippen molar-refractivity contribution in [2.75, 3.05) is 7.11 Å². The van der Waals surface area contributed by atoms with Gasteiger partial charge in [0.2, 0.25) is 0 Å². The summed E-state index contributed by atoms with van der Waals surface area (Å²) in [7, 11) is 1.67. The second-order valence-electron chi connectivity index (χ2n) is 6.12. The van der Waals surface area contributed by atoms with Gasteiger partial charge in [-0.25, -0.2) is 0 Å². The number of aromatic nitrogens is 1. The zero-order chi connectivity index (χ0) is 16.8. The third kappa shape index (κ3) is 4.48. The molecular weight excluding hydrogens is 368 g/mol. The van der Waals surface area contributed by atoms with E-state index in [0.29, 0.717) is 12.6 Å². The van der Waals surface area contributed by atoms with Crippen molar-refractivity contribution in [2.24, 2.45) is 0 Å². The maximum Gasteiger partial charge on any atom is 0.175 e. The number of halogens is 1. The number of hydrogen-bond acceptors (Lipinski definition) is 4. The van der Waals surface area contributed by atoms with Crippen LogP contribution in [0.4, 0.5) is 0 Å². The van der Waals surface area contributed by atoms with Crippen molar-refractivity contribution >= 4 is 15.9 Å². The van der Waals surface area contributed by atoms with Crippen molar-refractivity contribution in [3.63, 3.8) is 0 Å². The lowest BCUT2D eigenvalue weighted by Crippen LogP contribution is -2.25. The van der Waals surface area contributed by atoms with Crippen molar-refractivity contribution in [1.29, 1.82) is 0 Å². The summed E-state index contributed by atoms with van der Waals surface area (Å²) in [6.07, 6.45) is 8.80. The quantitative estimate of drug-likeness (QED) is 0.757. The number of hydrogen-bond donors (Lipinski definition) is 1. The first-order valence-electron chi connectivity index (χ1n) is 8.38. The second kappa shape index (κ2) is 8.49. The molecular formula is C19H23BrN2O2. The molecule has 1 aliphatic carbocycles. The zero-order valence-electron chi connectivity index (χ0n) is 13.9. The van der Waals surface area contributed by atoms with Gasteiger partial charge in [-0.3, -0.25) is 4.98 Å². The third-order valence-corrected chi connectivity index (χ3v) is 4.93. The first-order valence-corrected chi connectivity index (χ1v) is 9.17. The summed E-state index contributed by atoms with van der Waals surface area (Å²) in [5, 5.41) is 3.63. The number of nitrogens with one attached hydrogen (secondary N) is 1. The van der Waals surface area contributed by atoms with E-state index >= 15 is 0 Å². The highest BCUT2D eigenvalue weighted by Crippen LogP contribution is 2.37. The van der Waals surface area contributed by atoms with Crippen LogP contribution in [0.5, 0.6) is 11.5 Å². The van der Waals surface area contributed by atoms with Gasteiger partial charge in [0.05, 0.1) is 11.6 Å². The number of benzene rings is 1. The average molecular weight is 391 g/mol. The summed E-state index contributed by atoms with van der Waals surface area (Å²) in [6.45, 7) is 1.31. The lowest BCUT2D eigenvalue weighted by Gasteiger charge is -2.16. The van der Waals surface area contributed by atoms with Gasteiger partial charge in [-0.05, 0) is 52.5 Å².